The van der Waals surface area contributed by atoms with Crippen LogP contribution < -0.4 is 0 Å². The third kappa shape index (κ3) is 5.03. The monoisotopic (exact) mass is 320 g/mol. The summed E-state index contributed by atoms with van der Waals surface area (Å²) in [6, 6.07) is 10.7. The molecular weight excluding hydrogens is 292 g/mol. The number of carbonyl (C=O) groups is 1. The molecule has 0 aromatic heterocycles. The van der Waals surface area contributed by atoms with Crippen molar-refractivity contribution in [2.24, 2.45) is 0 Å². The first-order valence-corrected chi connectivity index (χ1v) is 9.53. The summed E-state index contributed by atoms with van der Waals surface area (Å²) in [7, 11) is 0. The first kappa shape index (κ1) is 17.4. The molecule has 0 N–H and O–H groups in total. The summed E-state index contributed by atoms with van der Waals surface area (Å²) < 4.78 is 0. The van der Waals surface area contributed by atoms with E-state index in [1.54, 1.807) is 0 Å². The molecule has 1 aromatic rings. The van der Waals surface area contributed by atoms with Gasteiger partial charge in [-0.1, -0.05) is 44.2 Å². The van der Waals surface area contributed by atoms with Crippen molar-refractivity contribution < 1.29 is 4.79 Å². The topological polar surface area (TPSA) is 23.6 Å². The molecular formula is C18H28N2OS. The minimum Gasteiger partial charge on any atom is -0.334 e. The van der Waals surface area contributed by atoms with Crippen LogP contribution in [-0.4, -0.2) is 52.9 Å². The van der Waals surface area contributed by atoms with Gasteiger partial charge in [0.25, 0.3) is 0 Å². The number of carbonyl (C=O) groups excluding carboxylic acids is 1. The Balaban J connectivity index is 2.00. The minimum atomic E-state index is 0.307. The maximum Gasteiger partial charge on any atom is 0.224 e. The Labute approximate surface area is 139 Å². The van der Waals surface area contributed by atoms with Crippen LogP contribution in [0.1, 0.15) is 32.3 Å². The molecule has 1 saturated heterocycles. The van der Waals surface area contributed by atoms with Gasteiger partial charge in [0.05, 0.1) is 0 Å². The van der Waals surface area contributed by atoms with Crippen LogP contribution in [0.3, 0.4) is 0 Å². The van der Waals surface area contributed by atoms with E-state index in [1.165, 1.54) is 17.1 Å². The van der Waals surface area contributed by atoms with Gasteiger partial charge in [-0.3, -0.25) is 9.69 Å². The summed E-state index contributed by atoms with van der Waals surface area (Å²) in [6.07, 6.45) is 1.68. The lowest BCUT2D eigenvalue weighted by Gasteiger charge is -2.31. The second kappa shape index (κ2) is 9.21. The Bertz CT molecular complexity index is 452. The van der Waals surface area contributed by atoms with Crippen LogP contribution in [0.5, 0.6) is 0 Å². The average molecular weight is 321 g/mol. The van der Waals surface area contributed by atoms with Crippen molar-refractivity contribution in [2.75, 3.05) is 31.1 Å². The smallest absolute Gasteiger partial charge is 0.224 e. The molecule has 0 aliphatic carbocycles. The van der Waals surface area contributed by atoms with Crippen molar-refractivity contribution in [1.82, 2.24) is 9.80 Å². The van der Waals surface area contributed by atoms with Gasteiger partial charge in [0, 0.05) is 44.4 Å². The Morgan fingerprint density at radius 2 is 2.00 bits per heavy atom. The molecule has 1 heterocycles. The molecule has 1 fully saturated rings. The van der Waals surface area contributed by atoms with E-state index in [-0.39, 0.29) is 0 Å². The lowest BCUT2D eigenvalue weighted by molar-refractivity contribution is -0.133. The summed E-state index contributed by atoms with van der Waals surface area (Å²) in [5.74, 6) is 2.64. The normalized spacial score (nSPS) is 20.2. The largest absolute Gasteiger partial charge is 0.334 e. The summed E-state index contributed by atoms with van der Waals surface area (Å²) in [5, 5.41) is 0. The molecule has 0 radical (unpaired) electrons. The van der Waals surface area contributed by atoms with Gasteiger partial charge in [-0.05, 0) is 17.7 Å². The maximum absolute atomic E-state index is 12.6. The van der Waals surface area contributed by atoms with Crippen LogP contribution in [0.25, 0.3) is 0 Å². The standard InChI is InChI=1S/C18H28N2OS/c1-3-17-15-19(12-13-22-4-2)11-10-18(21)20(17)14-16-8-6-5-7-9-16/h5-9,17H,3-4,10-15H2,1-2H3. The number of benzene rings is 1. The molecule has 3 nitrogen and oxygen atoms in total. The molecule has 22 heavy (non-hydrogen) atoms. The van der Waals surface area contributed by atoms with Gasteiger partial charge in [0.2, 0.25) is 5.91 Å². The van der Waals surface area contributed by atoms with Crippen molar-refractivity contribution in [3.8, 4) is 0 Å². The summed E-state index contributed by atoms with van der Waals surface area (Å²) >= 11 is 1.98. The molecule has 1 unspecified atom stereocenters. The number of thioether (sulfide) groups is 1. The Morgan fingerprint density at radius 3 is 2.68 bits per heavy atom. The van der Waals surface area contributed by atoms with E-state index in [0.29, 0.717) is 18.4 Å². The van der Waals surface area contributed by atoms with Gasteiger partial charge >= 0.3 is 0 Å². The number of amides is 1. The van der Waals surface area contributed by atoms with E-state index in [2.05, 4.69) is 35.8 Å². The summed E-state index contributed by atoms with van der Waals surface area (Å²) in [4.78, 5) is 17.1. The zero-order valence-corrected chi connectivity index (χ0v) is 14.6. The molecule has 1 amide bonds. The fourth-order valence-corrected chi connectivity index (χ4v) is 3.65. The highest BCUT2D eigenvalue weighted by molar-refractivity contribution is 7.99. The molecule has 4 heteroatoms. The molecule has 0 spiro atoms. The van der Waals surface area contributed by atoms with Gasteiger partial charge in [0.1, 0.15) is 0 Å². The van der Waals surface area contributed by atoms with Crippen molar-refractivity contribution in [2.45, 2.75) is 39.3 Å². The van der Waals surface area contributed by atoms with Crippen molar-refractivity contribution in [3.63, 3.8) is 0 Å². The zero-order chi connectivity index (χ0) is 15.8. The van der Waals surface area contributed by atoms with Crippen molar-refractivity contribution in [1.29, 1.82) is 0 Å². The fraction of sp³-hybridized carbons (Fsp3) is 0.611. The first-order chi connectivity index (χ1) is 10.7. The second-order valence-corrected chi connectivity index (χ2v) is 7.21. The van der Waals surface area contributed by atoms with Crippen LogP contribution in [-0.2, 0) is 11.3 Å². The highest BCUT2D eigenvalue weighted by Crippen LogP contribution is 2.18. The van der Waals surface area contributed by atoms with E-state index < -0.39 is 0 Å². The number of hydrogen-bond donors (Lipinski definition) is 0. The minimum absolute atomic E-state index is 0.307. The van der Waals surface area contributed by atoms with E-state index >= 15 is 0 Å². The highest BCUT2D eigenvalue weighted by Gasteiger charge is 2.28. The molecule has 0 saturated carbocycles. The zero-order valence-electron chi connectivity index (χ0n) is 13.8. The van der Waals surface area contributed by atoms with Crippen molar-refractivity contribution >= 4 is 17.7 Å². The van der Waals surface area contributed by atoms with Crippen LogP contribution >= 0.6 is 11.8 Å². The lowest BCUT2D eigenvalue weighted by atomic mass is 10.1. The van der Waals surface area contributed by atoms with E-state index in [0.717, 1.165) is 32.6 Å². The third-order valence-electron chi connectivity index (χ3n) is 4.29. The lowest BCUT2D eigenvalue weighted by Crippen LogP contribution is -2.42. The van der Waals surface area contributed by atoms with Gasteiger partial charge in [-0.2, -0.15) is 11.8 Å². The molecule has 1 aromatic carbocycles. The Morgan fingerprint density at radius 1 is 1.23 bits per heavy atom. The van der Waals surface area contributed by atoms with Crippen molar-refractivity contribution in [3.05, 3.63) is 35.9 Å². The summed E-state index contributed by atoms with van der Waals surface area (Å²) in [6.45, 7) is 8.16. The molecule has 0 bridgehead atoms. The van der Waals surface area contributed by atoms with Crippen LogP contribution in [0.15, 0.2) is 30.3 Å². The number of rotatable bonds is 7. The maximum atomic E-state index is 12.6. The van der Waals surface area contributed by atoms with Crippen LogP contribution in [0.2, 0.25) is 0 Å². The van der Waals surface area contributed by atoms with Crippen LogP contribution in [0, 0.1) is 0 Å². The van der Waals surface area contributed by atoms with E-state index in [1.807, 2.05) is 30.0 Å². The molecule has 122 valence electrons. The summed E-state index contributed by atoms with van der Waals surface area (Å²) in [5.41, 5.74) is 1.23. The van der Waals surface area contributed by atoms with E-state index in [9.17, 15) is 4.79 Å². The quantitative estimate of drug-likeness (QED) is 0.721. The molecule has 2 rings (SSSR count). The number of nitrogens with zero attached hydrogens (tertiary/aromatic N) is 2. The molecule has 1 aliphatic rings. The third-order valence-corrected chi connectivity index (χ3v) is 5.17. The SMILES string of the molecule is CCSCCN1CCC(=O)N(Cc2ccccc2)C(CC)C1. The van der Waals surface area contributed by atoms with Gasteiger partial charge in [-0.15, -0.1) is 0 Å². The predicted molar refractivity (Wildman–Crippen MR) is 95.1 cm³/mol. The highest BCUT2D eigenvalue weighted by atomic mass is 32.2. The first-order valence-electron chi connectivity index (χ1n) is 8.38. The number of hydrogen-bond acceptors (Lipinski definition) is 3. The Hall–Kier alpha value is -1.00. The van der Waals surface area contributed by atoms with Gasteiger partial charge in [0.15, 0.2) is 0 Å². The van der Waals surface area contributed by atoms with Crippen LogP contribution in [0.4, 0.5) is 0 Å². The second-order valence-electron chi connectivity index (χ2n) is 5.82. The van der Waals surface area contributed by atoms with E-state index in [4.69, 9.17) is 0 Å². The average Bonchev–Trinajstić information content (AvgIpc) is 2.69. The molecule has 1 aliphatic heterocycles. The predicted octanol–water partition coefficient (Wildman–Crippen LogP) is 3.25. The Kier molecular flexibility index (Phi) is 7.26. The fourth-order valence-electron chi connectivity index (χ4n) is 2.98. The molecule has 1 atom stereocenters. The van der Waals surface area contributed by atoms with Gasteiger partial charge in [-0.25, -0.2) is 0 Å². The van der Waals surface area contributed by atoms with Gasteiger partial charge < -0.3 is 4.90 Å².